The molecule has 2 aromatic carbocycles. The number of nitrogens with two attached hydrogens (primary N) is 1. The van der Waals surface area contributed by atoms with Gasteiger partial charge in [-0.25, -0.2) is 18.6 Å². The van der Waals surface area contributed by atoms with Gasteiger partial charge < -0.3 is 20.3 Å². The molecule has 3 aromatic heterocycles. The third-order valence-electron chi connectivity index (χ3n) is 11.2. The lowest BCUT2D eigenvalue weighted by Gasteiger charge is -2.40. The molecule has 4 aliphatic rings. The van der Waals surface area contributed by atoms with Crippen molar-refractivity contribution in [1.29, 1.82) is 5.26 Å². The van der Waals surface area contributed by atoms with Crippen LogP contribution in [0.1, 0.15) is 56.9 Å². The molecular weight excluding hydrogens is 745 g/mol. The summed E-state index contributed by atoms with van der Waals surface area (Å²) < 4.78 is 40.0. The number of carbonyl (C=O) groups is 1. The Morgan fingerprint density at radius 2 is 1.91 bits per heavy atom. The van der Waals surface area contributed by atoms with Crippen LogP contribution in [0.4, 0.5) is 24.4 Å². The third kappa shape index (κ3) is 5.81. The van der Waals surface area contributed by atoms with Crippen LogP contribution < -0.4 is 15.4 Å². The summed E-state index contributed by atoms with van der Waals surface area (Å²) in [6.45, 7) is 3.39. The number of halogens is 4. The second kappa shape index (κ2) is 13.2. The van der Waals surface area contributed by atoms with E-state index in [0.29, 0.717) is 30.9 Å². The molecule has 17 heteroatoms. The molecule has 9 rings (SSSR count). The van der Waals surface area contributed by atoms with Crippen LogP contribution in [0.2, 0.25) is 10.3 Å². The molecule has 0 bridgehead atoms. The summed E-state index contributed by atoms with van der Waals surface area (Å²) in [4.78, 5) is 33.6. The largest absolute Gasteiger partial charge is 0.461 e. The zero-order valence-electron chi connectivity index (χ0n) is 28.5. The number of nitrogen functional groups attached to an aromatic ring is 1. The number of benzene rings is 2. The van der Waals surface area contributed by atoms with Crippen LogP contribution >= 0.6 is 34.5 Å². The van der Waals surface area contributed by atoms with E-state index in [1.54, 1.807) is 6.07 Å². The minimum atomic E-state index is -0.754. The van der Waals surface area contributed by atoms with Crippen LogP contribution in [0.15, 0.2) is 24.5 Å². The molecule has 1 saturated carbocycles. The Labute approximate surface area is 317 Å². The molecule has 12 nitrogen and oxygen atoms in total. The lowest BCUT2D eigenvalue weighted by atomic mass is 9.95. The third-order valence-corrected chi connectivity index (χ3v) is 12.7. The molecule has 1 atom stereocenters. The molecule has 4 fully saturated rings. The predicted octanol–water partition coefficient (Wildman–Crippen LogP) is 7.25. The number of rotatable bonds is 7. The number of amides is 1. The standard InChI is InChI=1S/C36H34Cl2F2N10O2S/c37-24-14-22-29(28(40)27(24)21-7-8-25(39)30-26(21)23(15-41)31(42)53-30)44-34(52-17-36-9-2-12-48(36)13-3-10-36)45-32(22)47-11-1-4-20(16-47)50(19-5-6-19)35(51)49-18-43-33(38)46-49/h7-8,14,18-20H,1-6,9-13,16-17,42H2. The van der Waals surface area contributed by atoms with Crippen LogP contribution in [-0.4, -0.2) is 91.0 Å². The quantitative estimate of drug-likeness (QED) is 0.180. The molecule has 1 aliphatic carbocycles. The summed E-state index contributed by atoms with van der Waals surface area (Å²) in [5.74, 6) is -0.893. The van der Waals surface area contributed by atoms with Gasteiger partial charge >= 0.3 is 12.0 Å². The van der Waals surface area contributed by atoms with E-state index in [0.717, 1.165) is 75.8 Å². The molecule has 6 heterocycles. The minimum absolute atomic E-state index is 0.0109. The van der Waals surface area contributed by atoms with Crippen molar-refractivity contribution in [2.24, 2.45) is 0 Å². The number of anilines is 2. The Balaban J connectivity index is 1.16. The van der Waals surface area contributed by atoms with E-state index in [-0.39, 0.29) is 77.3 Å². The highest BCUT2D eigenvalue weighted by molar-refractivity contribution is 7.23. The number of carbonyl (C=O) groups excluding carboxylic acids is 1. The Kier molecular flexibility index (Phi) is 8.56. The SMILES string of the molecule is N#Cc1c(N)sc2c(F)ccc(-c3c(Cl)cc4c(N5CCCC(N(C(=O)n6cnc(Cl)n6)C6CC6)C5)nc(OCC56CCCN5CCC6)nc4c3F)c12. The molecule has 3 saturated heterocycles. The van der Waals surface area contributed by atoms with Crippen LogP contribution in [0, 0.1) is 23.0 Å². The van der Waals surface area contributed by atoms with E-state index in [1.165, 1.54) is 23.1 Å². The number of ether oxygens (including phenoxy) is 1. The van der Waals surface area contributed by atoms with E-state index in [9.17, 15) is 10.1 Å². The van der Waals surface area contributed by atoms with Gasteiger partial charge in [-0.15, -0.1) is 16.4 Å². The Morgan fingerprint density at radius 1 is 1.11 bits per heavy atom. The van der Waals surface area contributed by atoms with Gasteiger partial charge in [0.25, 0.3) is 0 Å². The van der Waals surface area contributed by atoms with Gasteiger partial charge in [-0.3, -0.25) is 4.90 Å². The van der Waals surface area contributed by atoms with Gasteiger partial charge in [-0.1, -0.05) is 17.7 Å². The normalized spacial score (nSPS) is 19.9. The Hall–Kier alpha value is -4.36. The molecule has 1 amide bonds. The molecule has 0 radical (unpaired) electrons. The van der Waals surface area contributed by atoms with Crippen LogP contribution in [0.3, 0.4) is 0 Å². The topological polar surface area (TPSA) is 142 Å². The zero-order chi connectivity index (χ0) is 36.6. The first-order chi connectivity index (χ1) is 25.7. The van der Waals surface area contributed by atoms with Gasteiger partial charge in [0.15, 0.2) is 5.82 Å². The average molecular weight is 780 g/mol. The molecule has 53 heavy (non-hydrogen) atoms. The van der Waals surface area contributed by atoms with Gasteiger partial charge in [0.05, 0.1) is 26.9 Å². The van der Waals surface area contributed by atoms with E-state index < -0.39 is 11.6 Å². The molecule has 5 aromatic rings. The second-order valence-corrected chi connectivity index (χ2v) is 16.2. The van der Waals surface area contributed by atoms with Crippen molar-refractivity contribution in [2.75, 3.05) is 43.4 Å². The Morgan fingerprint density at radius 3 is 2.62 bits per heavy atom. The molecular formula is C36H34Cl2F2N10O2S. The number of hydrogen-bond acceptors (Lipinski definition) is 11. The second-order valence-electron chi connectivity index (χ2n) is 14.4. The minimum Gasteiger partial charge on any atom is -0.461 e. The summed E-state index contributed by atoms with van der Waals surface area (Å²) in [5, 5.41) is 14.7. The summed E-state index contributed by atoms with van der Waals surface area (Å²) in [6.07, 6.45) is 8.72. The summed E-state index contributed by atoms with van der Waals surface area (Å²) >= 11 is 13.8. The zero-order valence-corrected chi connectivity index (χ0v) is 30.8. The maximum absolute atomic E-state index is 17.2. The smallest absolute Gasteiger partial charge is 0.346 e. The van der Waals surface area contributed by atoms with E-state index in [1.807, 2.05) is 9.80 Å². The summed E-state index contributed by atoms with van der Waals surface area (Å²) in [5.41, 5.74) is 6.24. The first kappa shape index (κ1) is 34.4. The average Bonchev–Trinajstić information content (AvgIpc) is 3.42. The number of piperidine rings is 1. The van der Waals surface area contributed by atoms with Crippen molar-refractivity contribution in [3.05, 3.63) is 52.0 Å². The Bertz CT molecular complexity index is 2330. The van der Waals surface area contributed by atoms with Gasteiger partial charge in [0.2, 0.25) is 5.28 Å². The fourth-order valence-electron chi connectivity index (χ4n) is 8.67. The van der Waals surface area contributed by atoms with Crippen molar-refractivity contribution in [3.63, 3.8) is 0 Å². The van der Waals surface area contributed by atoms with Gasteiger partial charge in [0, 0.05) is 35.5 Å². The maximum atomic E-state index is 17.2. The number of aromatic nitrogens is 5. The first-order valence-electron chi connectivity index (χ1n) is 17.8. The monoisotopic (exact) mass is 778 g/mol. The molecule has 3 aliphatic heterocycles. The molecule has 1 unspecified atom stereocenters. The highest BCUT2D eigenvalue weighted by Crippen LogP contribution is 2.46. The lowest BCUT2D eigenvalue weighted by molar-refractivity contribution is 0.108. The van der Waals surface area contributed by atoms with Crippen molar-refractivity contribution in [3.8, 4) is 23.2 Å². The van der Waals surface area contributed by atoms with Crippen molar-refractivity contribution >= 4 is 72.4 Å². The molecule has 274 valence electrons. The summed E-state index contributed by atoms with van der Waals surface area (Å²) in [7, 11) is 0. The summed E-state index contributed by atoms with van der Waals surface area (Å²) in [6, 6.07) is 5.88. The lowest BCUT2D eigenvalue weighted by Crippen LogP contribution is -2.52. The maximum Gasteiger partial charge on any atom is 0.346 e. The van der Waals surface area contributed by atoms with Crippen LogP contribution in [-0.2, 0) is 0 Å². The number of fused-ring (bicyclic) bond motifs is 3. The van der Waals surface area contributed by atoms with E-state index >= 15 is 8.78 Å². The van der Waals surface area contributed by atoms with Gasteiger partial charge in [0.1, 0.15) is 41.2 Å². The van der Waals surface area contributed by atoms with Crippen LogP contribution in [0.5, 0.6) is 6.01 Å². The number of nitrogens with zero attached hydrogens (tertiary/aromatic N) is 9. The molecule has 2 N–H and O–H groups in total. The fraction of sp³-hybridized carbons (Fsp3) is 0.444. The first-order valence-corrected chi connectivity index (χ1v) is 19.4. The highest BCUT2D eigenvalue weighted by Gasteiger charge is 2.45. The predicted molar refractivity (Wildman–Crippen MR) is 199 cm³/mol. The number of hydrogen-bond donors (Lipinski definition) is 1. The molecule has 0 spiro atoms. The highest BCUT2D eigenvalue weighted by atomic mass is 35.5. The van der Waals surface area contributed by atoms with Crippen molar-refractivity contribution in [2.45, 2.75) is 69.0 Å². The van der Waals surface area contributed by atoms with Gasteiger partial charge in [-0.05, 0) is 93.8 Å². The number of thiophene rings is 1. The van der Waals surface area contributed by atoms with Crippen LogP contribution in [0.25, 0.3) is 32.1 Å². The number of nitriles is 1. The van der Waals surface area contributed by atoms with Crippen molar-refractivity contribution < 1.29 is 18.3 Å². The van der Waals surface area contributed by atoms with E-state index in [2.05, 4.69) is 26.0 Å². The fourth-order valence-corrected chi connectivity index (χ4v) is 10.0. The van der Waals surface area contributed by atoms with Gasteiger partial charge in [-0.2, -0.15) is 19.9 Å². The van der Waals surface area contributed by atoms with E-state index in [4.69, 9.17) is 38.7 Å². The van der Waals surface area contributed by atoms with Crippen molar-refractivity contribution in [1.82, 2.24) is 34.5 Å².